The van der Waals surface area contributed by atoms with Crippen molar-refractivity contribution < 1.29 is 4.74 Å². The summed E-state index contributed by atoms with van der Waals surface area (Å²) >= 11 is 0. The van der Waals surface area contributed by atoms with Crippen LogP contribution in [0.3, 0.4) is 0 Å². The number of hydrogen-bond donors (Lipinski definition) is 0. The van der Waals surface area contributed by atoms with E-state index in [1.165, 1.54) is 15.6 Å². The van der Waals surface area contributed by atoms with E-state index in [4.69, 9.17) is 9.73 Å². The third-order valence-electron chi connectivity index (χ3n) is 5.82. The van der Waals surface area contributed by atoms with Crippen LogP contribution in [0.2, 0.25) is 0 Å². The summed E-state index contributed by atoms with van der Waals surface area (Å²) in [6.07, 6.45) is 1.50. The minimum atomic E-state index is -2.72. The molecule has 1 heterocycles. The Hall–Kier alpha value is -3.63. The van der Waals surface area contributed by atoms with Gasteiger partial charge in [-0.1, -0.05) is 109 Å². The summed E-state index contributed by atoms with van der Waals surface area (Å²) in [4.78, 5) is 4.77. The maximum Gasteiger partial charge on any atom is 0.254 e. The molecule has 152 valence electrons. The average molecular weight is 421 g/mol. The van der Waals surface area contributed by atoms with Gasteiger partial charge in [-0.15, -0.1) is 0 Å². The van der Waals surface area contributed by atoms with Crippen LogP contribution < -0.4 is 20.1 Å². The SMILES string of the molecule is C1=NC(N(c2ccccc2)[Si](c2ccccc2)(c2ccccc2)c2ccccc2)CO1. The number of benzene rings is 4. The third-order valence-corrected chi connectivity index (χ3v) is 10.6. The van der Waals surface area contributed by atoms with Crippen molar-refractivity contribution in [1.82, 2.24) is 0 Å². The summed E-state index contributed by atoms with van der Waals surface area (Å²) in [6.45, 7) is 0.538. The van der Waals surface area contributed by atoms with Gasteiger partial charge in [-0.25, -0.2) is 4.99 Å². The molecule has 0 saturated heterocycles. The molecule has 1 unspecified atom stereocenters. The molecular weight excluding hydrogens is 396 g/mol. The van der Waals surface area contributed by atoms with E-state index in [9.17, 15) is 0 Å². The summed E-state index contributed by atoms with van der Waals surface area (Å²) in [5, 5.41) is 3.95. The van der Waals surface area contributed by atoms with Gasteiger partial charge < -0.3 is 9.30 Å². The molecular formula is C27H24N2OSi. The van der Waals surface area contributed by atoms with Gasteiger partial charge in [0.25, 0.3) is 8.24 Å². The highest BCUT2D eigenvalue weighted by atomic mass is 28.3. The van der Waals surface area contributed by atoms with Gasteiger partial charge in [-0.05, 0) is 27.7 Å². The smallest absolute Gasteiger partial charge is 0.254 e. The van der Waals surface area contributed by atoms with E-state index in [1.807, 2.05) is 0 Å². The van der Waals surface area contributed by atoms with Crippen molar-refractivity contribution in [2.75, 3.05) is 11.2 Å². The van der Waals surface area contributed by atoms with Crippen molar-refractivity contribution in [3.63, 3.8) is 0 Å². The molecule has 1 atom stereocenters. The molecule has 0 saturated carbocycles. The summed E-state index contributed by atoms with van der Waals surface area (Å²) in [5.74, 6) is 0. The second-order valence-electron chi connectivity index (χ2n) is 7.58. The maximum absolute atomic E-state index is 5.65. The molecule has 0 amide bonds. The Kier molecular flexibility index (Phi) is 5.38. The van der Waals surface area contributed by atoms with Crippen LogP contribution >= 0.6 is 0 Å². The van der Waals surface area contributed by atoms with Crippen molar-refractivity contribution in [3.05, 3.63) is 121 Å². The second kappa shape index (κ2) is 8.62. The Labute approximate surface area is 184 Å². The Morgan fingerprint density at radius 1 is 0.613 bits per heavy atom. The molecule has 4 aromatic rings. The van der Waals surface area contributed by atoms with Crippen LogP contribution in [0.5, 0.6) is 0 Å². The lowest BCUT2D eigenvalue weighted by atomic mass is 10.3. The first-order valence-corrected chi connectivity index (χ1v) is 12.5. The molecule has 0 aliphatic carbocycles. The number of rotatable bonds is 6. The van der Waals surface area contributed by atoms with Crippen molar-refractivity contribution in [2.45, 2.75) is 6.17 Å². The fourth-order valence-electron chi connectivity index (χ4n) is 4.56. The number of aliphatic imine (C=N–C) groups is 1. The molecule has 1 aliphatic heterocycles. The highest BCUT2D eigenvalue weighted by molar-refractivity contribution is 7.13. The quantitative estimate of drug-likeness (QED) is 0.352. The first-order valence-electron chi connectivity index (χ1n) is 10.5. The summed E-state index contributed by atoms with van der Waals surface area (Å²) in [7, 11) is -2.72. The van der Waals surface area contributed by atoms with Gasteiger partial charge in [0, 0.05) is 5.69 Å². The van der Waals surface area contributed by atoms with Gasteiger partial charge in [0.15, 0.2) is 12.6 Å². The lowest BCUT2D eigenvalue weighted by Crippen LogP contribution is -2.79. The van der Waals surface area contributed by atoms with Gasteiger partial charge in [0.05, 0.1) is 0 Å². The third kappa shape index (κ3) is 3.45. The molecule has 0 fully saturated rings. The monoisotopic (exact) mass is 420 g/mol. The van der Waals surface area contributed by atoms with E-state index in [1.54, 1.807) is 6.40 Å². The molecule has 3 nitrogen and oxygen atoms in total. The maximum atomic E-state index is 5.65. The minimum absolute atomic E-state index is 0.102. The van der Waals surface area contributed by atoms with Crippen LogP contribution in [-0.2, 0) is 4.74 Å². The zero-order chi connectivity index (χ0) is 20.9. The van der Waals surface area contributed by atoms with E-state index in [-0.39, 0.29) is 6.17 Å². The van der Waals surface area contributed by atoms with E-state index < -0.39 is 8.24 Å². The molecule has 31 heavy (non-hydrogen) atoms. The largest absolute Gasteiger partial charge is 0.479 e. The topological polar surface area (TPSA) is 24.8 Å². The van der Waals surface area contributed by atoms with Crippen molar-refractivity contribution in [1.29, 1.82) is 0 Å². The van der Waals surface area contributed by atoms with Crippen molar-refractivity contribution >= 4 is 35.9 Å². The molecule has 5 rings (SSSR count). The highest BCUT2D eigenvalue weighted by Gasteiger charge is 2.49. The first-order chi connectivity index (χ1) is 15.4. The van der Waals surface area contributed by atoms with Crippen LogP contribution in [0.1, 0.15) is 0 Å². The van der Waals surface area contributed by atoms with Crippen LogP contribution in [0, 0.1) is 0 Å². The van der Waals surface area contributed by atoms with E-state index in [0.717, 1.165) is 5.69 Å². The first kappa shape index (κ1) is 19.3. The molecule has 0 radical (unpaired) electrons. The average Bonchev–Trinajstić information content (AvgIpc) is 3.39. The van der Waals surface area contributed by atoms with E-state index >= 15 is 0 Å². The highest BCUT2D eigenvalue weighted by Crippen LogP contribution is 2.27. The Morgan fingerprint density at radius 2 is 1.03 bits per heavy atom. The second-order valence-corrected chi connectivity index (χ2v) is 11.2. The van der Waals surface area contributed by atoms with Gasteiger partial charge in [0.1, 0.15) is 6.61 Å². The molecule has 4 heteroatoms. The number of hydrogen-bond acceptors (Lipinski definition) is 3. The zero-order valence-corrected chi connectivity index (χ0v) is 18.2. The predicted molar refractivity (Wildman–Crippen MR) is 131 cm³/mol. The summed E-state index contributed by atoms with van der Waals surface area (Å²) < 4.78 is 8.19. The molecule has 0 bridgehead atoms. The molecule has 0 spiro atoms. The van der Waals surface area contributed by atoms with Crippen molar-refractivity contribution in [3.8, 4) is 0 Å². The standard InChI is InChI=1S/C27H24N2OSi/c1-5-13-23(14-6-1)29(27-21-30-22-28-27)31(24-15-7-2-8-16-24,25-17-9-3-10-18-25)26-19-11-4-12-20-26/h1-20,22,27H,21H2. The van der Waals surface area contributed by atoms with Gasteiger partial charge >= 0.3 is 0 Å². The molecule has 0 N–H and O–H groups in total. The van der Waals surface area contributed by atoms with Gasteiger partial charge in [-0.3, -0.25) is 0 Å². The predicted octanol–water partition coefficient (Wildman–Crippen LogP) is 3.54. The Balaban J connectivity index is 1.89. The van der Waals surface area contributed by atoms with Crippen LogP contribution in [-0.4, -0.2) is 27.4 Å². The molecule has 0 aromatic heterocycles. The van der Waals surface area contributed by atoms with Gasteiger partial charge in [0.2, 0.25) is 0 Å². The van der Waals surface area contributed by atoms with Crippen LogP contribution in [0.4, 0.5) is 5.69 Å². The summed E-state index contributed by atoms with van der Waals surface area (Å²) in [6, 6.07) is 43.3. The zero-order valence-electron chi connectivity index (χ0n) is 17.2. The van der Waals surface area contributed by atoms with E-state index in [2.05, 4.69) is 126 Å². The fourth-order valence-corrected chi connectivity index (χ4v) is 9.54. The normalized spacial score (nSPS) is 15.4. The van der Waals surface area contributed by atoms with Crippen molar-refractivity contribution in [2.24, 2.45) is 4.99 Å². The van der Waals surface area contributed by atoms with E-state index in [0.29, 0.717) is 6.61 Å². The number of nitrogens with zero attached hydrogens (tertiary/aromatic N) is 2. The number of anilines is 1. The fraction of sp³-hybridized carbons (Fsp3) is 0.0741. The number of ether oxygens (including phenoxy) is 1. The lowest BCUT2D eigenvalue weighted by molar-refractivity contribution is 0.331. The van der Waals surface area contributed by atoms with Gasteiger partial charge in [-0.2, -0.15) is 0 Å². The van der Waals surface area contributed by atoms with Crippen LogP contribution in [0.15, 0.2) is 126 Å². The van der Waals surface area contributed by atoms with Crippen LogP contribution in [0.25, 0.3) is 0 Å². The number of para-hydroxylation sites is 1. The lowest BCUT2D eigenvalue weighted by Gasteiger charge is -2.46. The molecule has 1 aliphatic rings. The molecule has 4 aromatic carbocycles. The minimum Gasteiger partial charge on any atom is -0.479 e. The summed E-state index contributed by atoms with van der Waals surface area (Å²) in [5.41, 5.74) is 1.15. The Morgan fingerprint density at radius 3 is 1.42 bits per heavy atom. The Bertz CT molecular complexity index is 1040.